The summed E-state index contributed by atoms with van der Waals surface area (Å²) in [7, 11) is -0.000493. The number of hydrogen-bond donors (Lipinski definition) is 1. The van der Waals surface area contributed by atoms with Gasteiger partial charge in [-0.25, -0.2) is 22.8 Å². The molecule has 0 atom stereocenters. The van der Waals surface area contributed by atoms with Gasteiger partial charge < -0.3 is 9.89 Å². The molecule has 2 aromatic carbocycles. The molecule has 0 fully saturated rings. The Hall–Kier alpha value is -4.38. The number of aliphatic imine (C=N–C) groups is 2. The first kappa shape index (κ1) is 28.6. The molecule has 1 amide bonds. The molecule has 4 rings (SSSR count). The minimum Gasteiger partial charge on any atom is -0.378 e. The number of anilines is 1. The fourth-order valence-corrected chi connectivity index (χ4v) is 5.33. The molecule has 2 heterocycles. The van der Waals surface area contributed by atoms with Gasteiger partial charge in [0.25, 0.3) is 5.91 Å². The number of amides is 1. The molecule has 40 heavy (non-hydrogen) atoms. The van der Waals surface area contributed by atoms with Crippen LogP contribution in [0, 0.1) is 0 Å². The SMILES string of the molecule is C=NCCCS(=O)(=O)NC(=O)c1cc(-c2ccc(N=C)cc2)c2c(C(C)C)nn(-c3cccc(N(C)C)c3)c2n1. The molecule has 208 valence electrons. The first-order valence-electron chi connectivity index (χ1n) is 12.8. The molecule has 0 unspecified atom stereocenters. The van der Waals surface area contributed by atoms with Crippen LogP contribution in [-0.2, 0) is 10.0 Å². The van der Waals surface area contributed by atoms with Crippen LogP contribution < -0.4 is 9.62 Å². The van der Waals surface area contributed by atoms with Crippen molar-refractivity contribution in [2.75, 3.05) is 31.3 Å². The zero-order valence-electron chi connectivity index (χ0n) is 23.1. The van der Waals surface area contributed by atoms with Crippen LogP contribution in [0.3, 0.4) is 0 Å². The van der Waals surface area contributed by atoms with Gasteiger partial charge in [-0.1, -0.05) is 32.0 Å². The van der Waals surface area contributed by atoms with Crippen molar-refractivity contribution in [3.8, 4) is 16.8 Å². The first-order valence-corrected chi connectivity index (χ1v) is 14.5. The Morgan fingerprint density at radius 1 is 1.10 bits per heavy atom. The summed E-state index contributed by atoms with van der Waals surface area (Å²) in [6.07, 6.45) is 0.250. The molecule has 1 N–H and O–H groups in total. The maximum atomic E-state index is 13.3. The predicted molar refractivity (Wildman–Crippen MR) is 162 cm³/mol. The Morgan fingerprint density at radius 3 is 2.45 bits per heavy atom. The topological polar surface area (TPSA) is 122 Å². The zero-order valence-corrected chi connectivity index (χ0v) is 23.9. The molecule has 0 saturated heterocycles. The quantitative estimate of drug-likeness (QED) is 0.209. The lowest BCUT2D eigenvalue weighted by Gasteiger charge is -2.14. The van der Waals surface area contributed by atoms with Gasteiger partial charge in [0.1, 0.15) is 5.69 Å². The van der Waals surface area contributed by atoms with E-state index in [9.17, 15) is 13.2 Å². The smallest absolute Gasteiger partial charge is 0.283 e. The van der Waals surface area contributed by atoms with Crippen LogP contribution >= 0.6 is 0 Å². The third-order valence-electron chi connectivity index (χ3n) is 6.37. The van der Waals surface area contributed by atoms with Crippen molar-refractivity contribution in [2.45, 2.75) is 26.2 Å². The highest BCUT2D eigenvalue weighted by Crippen LogP contribution is 2.36. The Balaban J connectivity index is 1.96. The van der Waals surface area contributed by atoms with Crippen LogP contribution in [0.1, 0.15) is 42.4 Å². The number of carbonyl (C=O) groups excluding carboxylic acids is 1. The summed E-state index contributed by atoms with van der Waals surface area (Å²) >= 11 is 0. The van der Waals surface area contributed by atoms with E-state index in [4.69, 9.17) is 5.10 Å². The van der Waals surface area contributed by atoms with Gasteiger partial charge in [-0.3, -0.25) is 9.79 Å². The van der Waals surface area contributed by atoms with E-state index < -0.39 is 15.9 Å². The maximum Gasteiger partial charge on any atom is 0.283 e. The lowest BCUT2D eigenvalue weighted by atomic mass is 9.97. The van der Waals surface area contributed by atoms with E-state index in [0.29, 0.717) is 16.9 Å². The lowest BCUT2D eigenvalue weighted by molar-refractivity contribution is 0.0977. The Labute approximate surface area is 234 Å². The highest BCUT2D eigenvalue weighted by Gasteiger charge is 2.25. The number of carbonyl (C=O) groups is 1. The van der Waals surface area contributed by atoms with Crippen molar-refractivity contribution in [1.82, 2.24) is 19.5 Å². The third kappa shape index (κ3) is 6.09. The van der Waals surface area contributed by atoms with Gasteiger partial charge in [-0.05, 0) is 73.3 Å². The summed E-state index contributed by atoms with van der Waals surface area (Å²) in [5, 5.41) is 5.72. The molecule has 0 radical (unpaired) electrons. The average molecular weight is 560 g/mol. The lowest BCUT2D eigenvalue weighted by Crippen LogP contribution is -2.33. The number of pyridine rings is 1. The van der Waals surface area contributed by atoms with Crippen molar-refractivity contribution in [1.29, 1.82) is 0 Å². The largest absolute Gasteiger partial charge is 0.378 e. The summed E-state index contributed by atoms with van der Waals surface area (Å²) in [5.74, 6) is -1.04. The number of sulfonamides is 1. The highest BCUT2D eigenvalue weighted by atomic mass is 32.2. The number of nitrogens with zero attached hydrogens (tertiary/aromatic N) is 6. The van der Waals surface area contributed by atoms with Crippen molar-refractivity contribution in [3.05, 3.63) is 66.0 Å². The first-order chi connectivity index (χ1) is 19.0. The second-order valence-corrected chi connectivity index (χ2v) is 11.7. The number of fused-ring (bicyclic) bond motifs is 1. The van der Waals surface area contributed by atoms with Crippen LogP contribution in [0.2, 0.25) is 0 Å². The molecule has 4 aromatic rings. The predicted octanol–water partition coefficient (Wildman–Crippen LogP) is 4.76. The van der Waals surface area contributed by atoms with Crippen LogP contribution in [-0.4, -0.2) is 68.9 Å². The summed E-state index contributed by atoms with van der Waals surface area (Å²) in [5.41, 5.74) is 5.14. The fraction of sp³-hybridized carbons (Fsp3) is 0.276. The maximum absolute atomic E-state index is 13.3. The summed E-state index contributed by atoms with van der Waals surface area (Å²) < 4.78 is 29.1. The summed E-state index contributed by atoms with van der Waals surface area (Å²) in [6.45, 7) is 11.3. The zero-order chi connectivity index (χ0) is 29.0. The van der Waals surface area contributed by atoms with Crippen molar-refractivity contribution >= 4 is 51.8 Å². The van der Waals surface area contributed by atoms with E-state index in [-0.39, 0.29) is 30.3 Å². The molecule has 0 aliphatic heterocycles. The number of rotatable bonds is 11. The van der Waals surface area contributed by atoms with Crippen LogP contribution in [0.5, 0.6) is 0 Å². The number of nitrogens with one attached hydrogen (secondary N) is 1. The minimum absolute atomic E-state index is 0.0361. The molecule has 0 aliphatic rings. The van der Waals surface area contributed by atoms with E-state index >= 15 is 0 Å². The fourth-order valence-electron chi connectivity index (χ4n) is 4.33. The molecule has 2 aromatic heterocycles. The van der Waals surface area contributed by atoms with Crippen LogP contribution in [0.15, 0.2) is 64.6 Å². The second-order valence-electron chi connectivity index (χ2n) is 9.88. The van der Waals surface area contributed by atoms with Gasteiger partial charge in [-0.2, -0.15) is 5.10 Å². The van der Waals surface area contributed by atoms with Gasteiger partial charge in [-0.15, -0.1) is 0 Å². The number of hydrogen-bond acceptors (Lipinski definition) is 8. The summed E-state index contributed by atoms with van der Waals surface area (Å²) in [4.78, 5) is 27.6. The Bertz CT molecular complexity index is 1670. The molecular weight excluding hydrogens is 526 g/mol. The Morgan fingerprint density at radius 2 is 1.82 bits per heavy atom. The Kier molecular flexibility index (Phi) is 8.43. The van der Waals surface area contributed by atoms with E-state index in [1.165, 1.54) is 0 Å². The van der Waals surface area contributed by atoms with Gasteiger partial charge in [0.15, 0.2) is 5.65 Å². The van der Waals surface area contributed by atoms with Crippen molar-refractivity contribution < 1.29 is 13.2 Å². The van der Waals surface area contributed by atoms with Crippen LogP contribution in [0.25, 0.3) is 27.8 Å². The molecule has 11 heteroatoms. The second kappa shape index (κ2) is 11.8. The van der Waals surface area contributed by atoms with E-state index in [0.717, 1.165) is 28.0 Å². The summed E-state index contributed by atoms with van der Waals surface area (Å²) in [6, 6.07) is 16.8. The monoisotopic (exact) mass is 559 g/mol. The highest BCUT2D eigenvalue weighted by molar-refractivity contribution is 7.90. The van der Waals surface area contributed by atoms with Crippen LogP contribution in [0.4, 0.5) is 11.4 Å². The van der Waals surface area contributed by atoms with Crippen molar-refractivity contribution in [3.63, 3.8) is 0 Å². The molecule has 10 nitrogen and oxygen atoms in total. The molecule has 0 spiro atoms. The number of benzene rings is 2. The van der Waals surface area contributed by atoms with Gasteiger partial charge in [0.05, 0.1) is 28.2 Å². The minimum atomic E-state index is -3.90. The van der Waals surface area contributed by atoms with E-state index in [2.05, 4.69) is 33.1 Å². The third-order valence-corrected chi connectivity index (χ3v) is 7.70. The van der Waals surface area contributed by atoms with Crippen molar-refractivity contribution in [2.24, 2.45) is 9.98 Å². The van der Waals surface area contributed by atoms with Gasteiger partial charge >= 0.3 is 0 Å². The average Bonchev–Trinajstić information content (AvgIpc) is 3.32. The van der Waals surface area contributed by atoms with Gasteiger partial charge in [0, 0.05) is 26.3 Å². The van der Waals surface area contributed by atoms with E-state index in [1.54, 1.807) is 10.7 Å². The van der Waals surface area contributed by atoms with E-state index in [1.807, 2.05) is 81.4 Å². The molecular formula is C29H33N7O3S. The standard InChI is InChI=1S/C29H33N7O3S/c1-19(2)27-26-24(20-11-13-21(31-4)14-12-20)18-25(29(37)34-40(38,39)16-8-15-30-3)32-28(26)36(33-27)23-10-7-9-22(17-23)35(5)6/h7,9-14,17-19H,3-4,8,15-16H2,1-2,5-6H3,(H,34,37). The van der Waals surface area contributed by atoms with Gasteiger partial charge in [0.2, 0.25) is 10.0 Å². The number of aromatic nitrogens is 3. The molecule has 0 bridgehead atoms. The molecule has 0 saturated carbocycles. The normalized spacial score (nSPS) is 11.5. The molecule has 0 aliphatic carbocycles.